The average Bonchev–Trinajstić information content (AvgIpc) is 3.95. The standard InChI is InChI=1S/C65H45N/c1-64(2)54-28-11-8-23-47(54)49-36-34-45(40-59(49)64)62(44-21-16-20-42(38-44)41-18-4-3-5-19-41)51-26-7-6-22-46(51)43-35-37-56-53(39-43)48-24-9-12-29-55(48)65(56)57-30-13-15-33-61(57)66-60-32-14-10-25-50(60)52-27-17-31-58(65)63(52)66/h3-40,62H,1-2H3/t62-,65?/m0/s1. The molecule has 2 heterocycles. The van der Waals surface area contributed by atoms with Gasteiger partial charge in [0.2, 0.25) is 0 Å². The summed E-state index contributed by atoms with van der Waals surface area (Å²) in [4.78, 5) is 0. The summed E-state index contributed by atoms with van der Waals surface area (Å²) in [5.74, 6) is -0.0219. The minimum Gasteiger partial charge on any atom is -0.309 e. The van der Waals surface area contributed by atoms with Crippen LogP contribution in [0.2, 0.25) is 0 Å². The van der Waals surface area contributed by atoms with Crippen molar-refractivity contribution < 1.29 is 0 Å². The van der Waals surface area contributed by atoms with E-state index in [0.29, 0.717) is 0 Å². The molecule has 14 rings (SSSR count). The Balaban J connectivity index is 0.994. The lowest BCUT2D eigenvalue weighted by Gasteiger charge is -2.39. The molecule has 1 unspecified atom stereocenters. The zero-order valence-electron chi connectivity index (χ0n) is 37.0. The van der Waals surface area contributed by atoms with Crippen LogP contribution in [0.5, 0.6) is 0 Å². The van der Waals surface area contributed by atoms with Crippen LogP contribution in [0.1, 0.15) is 69.8 Å². The molecule has 3 aliphatic rings. The van der Waals surface area contributed by atoms with E-state index in [1.165, 1.54) is 122 Å². The van der Waals surface area contributed by atoms with Crippen LogP contribution in [-0.4, -0.2) is 4.57 Å². The van der Waals surface area contributed by atoms with E-state index in [4.69, 9.17) is 0 Å². The van der Waals surface area contributed by atoms with Gasteiger partial charge in [-0.3, -0.25) is 0 Å². The van der Waals surface area contributed by atoms with Gasteiger partial charge in [0.05, 0.1) is 22.1 Å². The summed E-state index contributed by atoms with van der Waals surface area (Å²) >= 11 is 0. The third-order valence-corrected chi connectivity index (χ3v) is 15.5. The second-order valence-corrected chi connectivity index (χ2v) is 19.1. The van der Waals surface area contributed by atoms with Crippen LogP contribution in [0.3, 0.4) is 0 Å². The third kappa shape index (κ3) is 4.95. The van der Waals surface area contributed by atoms with Crippen LogP contribution in [0, 0.1) is 0 Å². The molecule has 2 aliphatic carbocycles. The van der Waals surface area contributed by atoms with E-state index < -0.39 is 5.41 Å². The van der Waals surface area contributed by atoms with Crippen molar-refractivity contribution in [2.75, 3.05) is 0 Å². The van der Waals surface area contributed by atoms with E-state index in [9.17, 15) is 0 Å². The number of aromatic nitrogens is 1. The first-order valence-corrected chi connectivity index (χ1v) is 23.4. The number of hydrogen-bond acceptors (Lipinski definition) is 0. The first-order valence-electron chi connectivity index (χ1n) is 23.4. The Hall–Kier alpha value is -8.00. The van der Waals surface area contributed by atoms with Crippen molar-refractivity contribution in [3.05, 3.63) is 281 Å². The quantitative estimate of drug-likeness (QED) is 0.152. The lowest BCUT2D eigenvalue weighted by atomic mass is 9.65. The Morgan fingerprint density at radius 1 is 0.348 bits per heavy atom. The van der Waals surface area contributed by atoms with E-state index in [1.807, 2.05) is 0 Å². The van der Waals surface area contributed by atoms with Gasteiger partial charge >= 0.3 is 0 Å². The molecule has 10 aromatic carbocycles. The highest BCUT2D eigenvalue weighted by Gasteiger charge is 2.51. The summed E-state index contributed by atoms with van der Waals surface area (Å²) in [7, 11) is 0. The molecule has 0 saturated heterocycles. The van der Waals surface area contributed by atoms with Gasteiger partial charge in [-0.05, 0) is 113 Å². The van der Waals surface area contributed by atoms with Crippen LogP contribution in [-0.2, 0) is 10.8 Å². The molecule has 66 heavy (non-hydrogen) atoms. The number of nitrogens with zero attached hydrogens (tertiary/aromatic N) is 1. The topological polar surface area (TPSA) is 4.93 Å². The molecule has 0 amide bonds. The minimum atomic E-state index is -0.486. The van der Waals surface area contributed by atoms with Crippen LogP contribution < -0.4 is 0 Å². The lowest BCUT2D eigenvalue weighted by Crippen LogP contribution is -2.33. The van der Waals surface area contributed by atoms with Gasteiger partial charge in [-0.2, -0.15) is 0 Å². The molecule has 1 spiro atoms. The van der Waals surface area contributed by atoms with Crippen LogP contribution in [0.15, 0.2) is 231 Å². The molecule has 310 valence electrons. The molecule has 0 radical (unpaired) electrons. The number of fused-ring (bicyclic) bond motifs is 15. The fourth-order valence-electron chi connectivity index (χ4n) is 12.7. The summed E-state index contributed by atoms with van der Waals surface area (Å²) in [6.45, 7) is 4.78. The first-order chi connectivity index (χ1) is 32.5. The maximum Gasteiger partial charge on any atom is 0.0754 e. The summed E-state index contributed by atoms with van der Waals surface area (Å²) in [6.07, 6.45) is 0. The number of benzene rings is 10. The molecule has 1 aromatic heterocycles. The van der Waals surface area contributed by atoms with Crippen LogP contribution >= 0.6 is 0 Å². The average molecular weight is 840 g/mol. The molecule has 0 bridgehead atoms. The fourth-order valence-corrected chi connectivity index (χ4v) is 12.7. The number of para-hydroxylation sites is 3. The highest BCUT2D eigenvalue weighted by atomic mass is 15.0. The number of rotatable bonds is 5. The van der Waals surface area contributed by atoms with Crippen LogP contribution in [0.25, 0.3) is 72.0 Å². The largest absolute Gasteiger partial charge is 0.309 e. The summed E-state index contributed by atoms with van der Waals surface area (Å²) in [5, 5.41) is 2.59. The van der Waals surface area contributed by atoms with E-state index in [1.54, 1.807) is 0 Å². The van der Waals surface area contributed by atoms with E-state index in [-0.39, 0.29) is 11.3 Å². The monoisotopic (exact) mass is 839 g/mol. The molecule has 0 saturated carbocycles. The third-order valence-electron chi connectivity index (χ3n) is 15.5. The maximum atomic E-state index is 2.53. The van der Waals surface area contributed by atoms with Crippen molar-refractivity contribution in [2.24, 2.45) is 0 Å². The first kappa shape index (κ1) is 37.4. The summed E-state index contributed by atoms with van der Waals surface area (Å²) in [6, 6.07) is 87.2. The minimum absolute atomic E-state index is 0.0219. The Labute approximate surface area is 385 Å². The second kappa shape index (κ2) is 13.8. The van der Waals surface area contributed by atoms with E-state index >= 15 is 0 Å². The van der Waals surface area contributed by atoms with Gasteiger partial charge < -0.3 is 4.57 Å². The van der Waals surface area contributed by atoms with Crippen molar-refractivity contribution in [3.8, 4) is 50.2 Å². The van der Waals surface area contributed by atoms with Gasteiger partial charge in [0.1, 0.15) is 0 Å². The van der Waals surface area contributed by atoms with Crippen molar-refractivity contribution in [3.63, 3.8) is 0 Å². The van der Waals surface area contributed by atoms with Gasteiger partial charge in [0, 0.05) is 22.1 Å². The predicted octanol–water partition coefficient (Wildman–Crippen LogP) is 16.3. The molecular formula is C65H45N. The van der Waals surface area contributed by atoms with Gasteiger partial charge in [0.25, 0.3) is 0 Å². The molecule has 1 heteroatoms. The Morgan fingerprint density at radius 3 is 1.82 bits per heavy atom. The molecule has 0 fully saturated rings. The molecule has 1 nitrogen and oxygen atoms in total. The van der Waals surface area contributed by atoms with Crippen molar-refractivity contribution >= 4 is 21.8 Å². The van der Waals surface area contributed by atoms with Crippen LogP contribution in [0.4, 0.5) is 0 Å². The van der Waals surface area contributed by atoms with Gasteiger partial charge in [-0.25, -0.2) is 0 Å². The van der Waals surface area contributed by atoms with E-state index in [0.717, 1.165) is 0 Å². The Kier molecular flexibility index (Phi) is 7.79. The molecule has 11 aromatic rings. The maximum absolute atomic E-state index is 2.53. The van der Waals surface area contributed by atoms with Gasteiger partial charge in [-0.15, -0.1) is 0 Å². The highest BCUT2D eigenvalue weighted by molar-refractivity contribution is 6.13. The Bertz CT molecular complexity index is 3810. The van der Waals surface area contributed by atoms with Crippen molar-refractivity contribution in [1.82, 2.24) is 4.57 Å². The number of hydrogen-bond donors (Lipinski definition) is 0. The SMILES string of the molecule is CC1(C)c2ccccc2-c2ccc([C@H](c3cccc(-c4ccccc4)c3)c3ccccc3-c3ccc4c(c3)-c3ccccc3C43c4ccccc4-n4c5ccccc5c5cccc3c54)cc21. The highest BCUT2D eigenvalue weighted by Crippen LogP contribution is 2.61. The lowest BCUT2D eigenvalue weighted by molar-refractivity contribution is 0.659. The van der Waals surface area contributed by atoms with Crippen molar-refractivity contribution in [2.45, 2.75) is 30.6 Å². The zero-order chi connectivity index (χ0) is 43.7. The molecule has 1 aliphatic heterocycles. The van der Waals surface area contributed by atoms with Crippen molar-refractivity contribution in [1.29, 1.82) is 0 Å². The predicted molar refractivity (Wildman–Crippen MR) is 274 cm³/mol. The van der Waals surface area contributed by atoms with Gasteiger partial charge in [-0.1, -0.05) is 226 Å². The second-order valence-electron chi connectivity index (χ2n) is 19.1. The fraction of sp³-hybridized carbons (Fsp3) is 0.0769. The molecule has 0 N–H and O–H groups in total. The summed E-state index contributed by atoms with van der Waals surface area (Å²) < 4.78 is 2.53. The summed E-state index contributed by atoms with van der Waals surface area (Å²) in [5.41, 5.74) is 25.5. The molecular weight excluding hydrogens is 795 g/mol. The normalized spacial score (nSPS) is 16.2. The Morgan fingerprint density at radius 2 is 0.955 bits per heavy atom. The van der Waals surface area contributed by atoms with Gasteiger partial charge in [0.15, 0.2) is 0 Å². The zero-order valence-corrected chi connectivity index (χ0v) is 37.0. The smallest absolute Gasteiger partial charge is 0.0754 e. The molecule has 2 atom stereocenters. The van der Waals surface area contributed by atoms with E-state index in [2.05, 4.69) is 249 Å².